The molecule has 0 radical (unpaired) electrons. The third-order valence-corrected chi connectivity index (χ3v) is 3.53. The summed E-state index contributed by atoms with van der Waals surface area (Å²) < 4.78 is 11.3. The van der Waals surface area contributed by atoms with E-state index in [1.165, 1.54) is 18.6 Å². The molecule has 0 atom stereocenters. The van der Waals surface area contributed by atoms with Gasteiger partial charge >= 0.3 is 5.97 Å². The van der Waals surface area contributed by atoms with E-state index in [-0.39, 0.29) is 29.4 Å². The summed E-state index contributed by atoms with van der Waals surface area (Å²) in [6, 6.07) is 0. The number of hydrogen-bond acceptors (Lipinski definition) is 6. The second-order valence-corrected chi connectivity index (χ2v) is 4.92. The normalized spacial score (nSPS) is 14.0. The van der Waals surface area contributed by atoms with E-state index in [4.69, 9.17) is 9.47 Å². The lowest BCUT2D eigenvalue weighted by Gasteiger charge is -2.12. The number of allylic oxidation sites excluding steroid dienone is 2. The van der Waals surface area contributed by atoms with Crippen molar-refractivity contribution in [2.75, 3.05) is 13.7 Å². The van der Waals surface area contributed by atoms with E-state index >= 15 is 0 Å². The number of carbonyl (C=O) groups excluding carboxylic acids is 3. The van der Waals surface area contributed by atoms with E-state index in [2.05, 4.69) is 0 Å². The first-order valence-electron chi connectivity index (χ1n) is 6.89. The Morgan fingerprint density at radius 2 is 2.09 bits per heavy atom. The molecule has 0 aromatic carbocycles. The molecule has 0 spiro atoms. The summed E-state index contributed by atoms with van der Waals surface area (Å²) in [6.45, 7) is 0.940. The zero-order valence-corrected chi connectivity index (χ0v) is 13.1. The summed E-state index contributed by atoms with van der Waals surface area (Å²) in [5.74, 6) is -1.28. The summed E-state index contributed by atoms with van der Waals surface area (Å²) in [4.78, 5) is 35.4. The Morgan fingerprint density at radius 1 is 1.39 bits per heavy atom. The van der Waals surface area contributed by atoms with Gasteiger partial charge in [0.15, 0.2) is 5.76 Å². The van der Waals surface area contributed by atoms with Crippen molar-refractivity contribution in [1.29, 1.82) is 0 Å². The predicted molar refractivity (Wildman–Crippen MR) is 80.8 cm³/mol. The number of rotatable bonds is 5. The molecule has 1 N–H and O–H groups in total. The highest BCUT2D eigenvalue weighted by Gasteiger charge is 2.34. The molecular formula is C16H17NO6. The Hall–Kier alpha value is -2.67. The van der Waals surface area contributed by atoms with Crippen LogP contribution in [-0.4, -0.2) is 40.9 Å². The Labute approximate surface area is 132 Å². The van der Waals surface area contributed by atoms with E-state index < -0.39 is 18.4 Å². The number of fused-ring (bicyclic) bond motifs is 1. The van der Waals surface area contributed by atoms with Crippen LogP contribution in [0.4, 0.5) is 0 Å². The molecule has 0 unspecified atom stereocenters. The molecule has 1 aromatic rings. The molecule has 2 rings (SSSR count). The van der Waals surface area contributed by atoms with Crippen LogP contribution in [0.5, 0.6) is 0 Å². The predicted octanol–water partition coefficient (Wildman–Crippen LogP) is 1.00. The maximum Gasteiger partial charge on any atom is 0.302 e. The van der Waals surface area contributed by atoms with Crippen molar-refractivity contribution >= 4 is 23.6 Å². The first kappa shape index (κ1) is 16.7. The molecule has 23 heavy (non-hydrogen) atoms. The first-order chi connectivity index (χ1) is 10.9. The summed E-state index contributed by atoms with van der Waals surface area (Å²) in [6.07, 6.45) is 4.30. The van der Waals surface area contributed by atoms with Crippen LogP contribution in [0, 0.1) is 0 Å². The van der Waals surface area contributed by atoms with E-state index in [1.807, 2.05) is 0 Å². The SMILES string of the molecule is COC1=CC(=O)c2c(c(CO)c(/C=C/COC(C)=O)n2C)C1=O. The van der Waals surface area contributed by atoms with Crippen molar-refractivity contribution in [2.45, 2.75) is 13.5 Å². The molecule has 7 heteroatoms. The molecule has 1 heterocycles. The minimum Gasteiger partial charge on any atom is -0.492 e. The van der Waals surface area contributed by atoms with Gasteiger partial charge in [0.25, 0.3) is 0 Å². The van der Waals surface area contributed by atoms with Gasteiger partial charge in [-0.1, -0.05) is 0 Å². The number of aromatic nitrogens is 1. The minimum absolute atomic E-state index is 0.0551. The lowest BCUT2D eigenvalue weighted by atomic mass is 9.96. The van der Waals surface area contributed by atoms with Crippen LogP contribution >= 0.6 is 0 Å². The first-order valence-corrected chi connectivity index (χ1v) is 6.89. The van der Waals surface area contributed by atoms with Crippen LogP contribution in [-0.2, 0) is 27.9 Å². The molecule has 0 saturated carbocycles. The van der Waals surface area contributed by atoms with E-state index in [0.29, 0.717) is 11.3 Å². The second-order valence-electron chi connectivity index (χ2n) is 4.92. The molecule has 1 aromatic heterocycles. The standard InChI is InChI=1S/C16H17NO6/c1-9(19)23-6-4-5-11-10(8-18)14-15(17(11)2)12(20)7-13(22-3)16(14)21/h4-5,7,18H,6,8H2,1-3H3/b5-4+. The van der Waals surface area contributed by atoms with Crippen LogP contribution in [0.1, 0.15) is 39.0 Å². The third kappa shape index (κ3) is 2.95. The van der Waals surface area contributed by atoms with Gasteiger partial charge in [0.05, 0.1) is 19.3 Å². The van der Waals surface area contributed by atoms with Crippen molar-refractivity contribution in [1.82, 2.24) is 4.57 Å². The number of ether oxygens (including phenoxy) is 2. The Balaban J connectivity index is 2.48. The van der Waals surface area contributed by atoms with Crippen molar-refractivity contribution in [3.8, 4) is 0 Å². The van der Waals surface area contributed by atoms with Crippen LogP contribution in [0.15, 0.2) is 17.9 Å². The topological polar surface area (TPSA) is 94.8 Å². The monoisotopic (exact) mass is 319 g/mol. The van der Waals surface area contributed by atoms with Crippen LogP contribution in [0.2, 0.25) is 0 Å². The highest BCUT2D eigenvalue weighted by molar-refractivity contribution is 6.24. The van der Waals surface area contributed by atoms with Crippen LogP contribution in [0.3, 0.4) is 0 Å². The van der Waals surface area contributed by atoms with Gasteiger partial charge in [-0.25, -0.2) is 0 Å². The lowest BCUT2D eigenvalue weighted by molar-refractivity contribution is -0.139. The molecule has 0 bridgehead atoms. The zero-order chi connectivity index (χ0) is 17.1. The van der Waals surface area contributed by atoms with Gasteiger partial charge in [-0.2, -0.15) is 0 Å². The van der Waals surface area contributed by atoms with E-state index in [9.17, 15) is 19.5 Å². The van der Waals surface area contributed by atoms with Gasteiger partial charge in [-0.05, 0) is 12.2 Å². The Kier molecular flexibility index (Phi) is 4.80. The number of esters is 1. The summed E-state index contributed by atoms with van der Waals surface area (Å²) in [5.41, 5.74) is 1.18. The highest BCUT2D eigenvalue weighted by Crippen LogP contribution is 2.30. The number of aliphatic hydroxyl groups is 1. The fourth-order valence-electron chi connectivity index (χ4n) is 2.52. The average Bonchev–Trinajstić information content (AvgIpc) is 2.80. The molecule has 0 saturated heterocycles. The highest BCUT2D eigenvalue weighted by atomic mass is 16.5. The fraction of sp³-hybridized carbons (Fsp3) is 0.312. The number of carbonyl (C=O) groups is 3. The van der Waals surface area contributed by atoms with Gasteiger partial charge in [0.1, 0.15) is 12.3 Å². The second kappa shape index (κ2) is 6.62. The molecular weight excluding hydrogens is 302 g/mol. The van der Waals surface area contributed by atoms with Gasteiger partial charge < -0.3 is 19.1 Å². The van der Waals surface area contributed by atoms with E-state index in [1.54, 1.807) is 19.2 Å². The van der Waals surface area contributed by atoms with Gasteiger partial charge in [-0.3, -0.25) is 14.4 Å². The molecule has 1 aliphatic rings. The number of nitrogens with zero attached hydrogens (tertiary/aromatic N) is 1. The van der Waals surface area contributed by atoms with Crippen molar-refractivity contribution in [3.63, 3.8) is 0 Å². The lowest BCUT2D eigenvalue weighted by Crippen LogP contribution is -2.20. The molecule has 0 aliphatic heterocycles. The quantitative estimate of drug-likeness (QED) is 0.814. The number of Topliss-reactive ketones (excluding diaryl/α,β-unsaturated/α-hetero) is 1. The maximum atomic E-state index is 12.4. The summed E-state index contributed by atoms with van der Waals surface area (Å²) >= 11 is 0. The van der Waals surface area contributed by atoms with Gasteiger partial charge in [0, 0.05) is 31.3 Å². The molecule has 0 fully saturated rings. The van der Waals surface area contributed by atoms with Crippen LogP contribution in [0.25, 0.3) is 6.08 Å². The molecule has 1 aliphatic carbocycles. The number of aliphatic hydroxyl groups excluding tert-OH is 1. The Bertz CT molecular complexity index is 738. The number of ketones is 2. The summed E-state index contributed by atoms with van der Waals surface area (Å²) in [7, 11) is 2.93. The molecule has 7 nitrogen and oxygen atoms in total. The van der Waals surface area contributed by atoms with Gasteiger partial charge in [0.2, 0.25) is 11.6 Å². The number of hydrogen-bond donors (Lipinski definition) is 1. The van der Waals surface area contributed by atoms with Crippen molar-refractivity contribution in [3.05, 3.63) is 40.4 Å². The largest absolute Gasteiger partial charge is 0.492 e. The Morgan fingerprint density at radius 3 is 2.65 bits per heavy atom. The third-order valence-electron chi connectivity index (χ3n) is 3.53. The average molecular weight is 319 g/mol. The smallest absolute Gasteiger partial charge is 0.302 e. The van der Waals surface area contributed by atoms with E-state index in [0.717, 1.165) is 6.08 Å². The zero-order valence-electron chi connectivity index (χ0n) is 13.1. The van der Waals surface area contributed by atoms with Crippen molar-refractivity contribution in [2.24, 2.45) is 7.05 Å². The minimum atomic E-state index is -0.443. The van der Waals surface area contributed by atoms with Crippen molar-refractivity contribution < 1.29 is 29.0 Å². The van der Waals surface area contributed by atoms with Gasteiger partial charge in [-0.15, -0.1) is 0 Å². The van der Waals surface area contributed by atoms with Crippen LogP contribution < -0.4 is 0 Å². The summed E-state index contributed by atoms with van der Waals surface area (Å²) in [5, 5.41) is 9.64. The maximum absolute atomic E-state index is 12.4. The number of methoxy groups -OCH3 is 1. The molecule has 0 amide bonds. The fourth-order valence-corrected chi connectivity index (χ4v) is 2.52. The molecule has 122 valence electrons.